The quantitative estimate of drug-likeness (QED) is 0.151. The first-order valence-corrected chi connectivity index (χ1v) is 9.22. The Balaban J connectivity index is 5.39. The van der Waals surface area contributed by atoms with Crippen LogP contribution in [0.15, 0.2) is 0 Å². The van der Waals surface area contributed by atoms with Crippen LogP contribution in [-0.4, -0.2) is 70.5 Å². The van der Waals surface area contributed by atoms with E-state index in [-0.39, 0.29) is 31.7 Å². The van der Waals surface area contributed by atoms with Crippen LogP contribution in [0.5, 0.6) is 0 Å². The second kappa shape index (κ2) is 13.1. The topological polar surface area (TPSA) is 231 Å². The summed E-state index contributed by atoms with van der Waals surface area (Å²) >= 11 is 0. The lowest BCUT2D eigenvalue weighted by atomic mass is 10.0. The number of aliphatic carboxylic acids is 2. The molecule has 0 rings (SSSR count). The highest BCUT2D eigenvalue weighted by atomic mass is 16.4. The fraction of sp³-hybridized carbons (Fsp3) is 0.647. The van der Waals surface area contributed by atoms with Crippen molar-refractivity contribution < 1.29 is 39.0 Å². The monoisotopic (exact) mass is 431 g/mol. The number of rotatable bonds is 14. The smallest absolute Gasteiger partial charge is 0.326 e. The molecule has 0 spiro atoms. The molecule has 0 aliphatic carbocycles. The summed E-state index contributed by atoms with van der Waals surface area (Å²) in [4.78, 5) is 69.7. The van der Waals surface area contributed by atoms with Gasteiger partial charge in [0, 0.05) is 12.8 Å². The molecule has 0 bridgehead atoms. The number of carboxylic acid groups (broad SMARTS) is 2. The molecule has 0 aliphatic heterocycles. The van der Waals surface area contributed by atoms with Crippen molar-refractivity contribution in [3.05, 3.63) is 0 Å². The Hall–Kier alpha value is -3.22. The third-order valence-corrected chi connectivity index (χ3v) is 4.02. The van der Waals surface area contributed by atoms with Gasteiger partial charge in [-0.15, -0.1) is 0 Å². The number of primary amides is 1. The Labute approximate surface area is 172 Å². The zero-order chi connectivity index (χ0) is 23.4. The molecule has 0 aromatic rings. The minimum Gasteiger partial charge on any atom is -0.481 e. The van der Waals surface area contributed by atoms with Crippen LogP contribution in [0.1, 0.15) is 39.5 Å². The fourth-order valence-corrected chi connectivity index (χ4v) is 2.38. The fourth-order valence-electron chi connectivity index (χ4n) is 2.38. The molecule has 13 nitrogen and oxygen atoms in total. The third-order valence-electron chi connectivity index (χ3n) is 4.02. The largest absolute Gasteiger partial charge is 0.481 e. The van der Waals surface area contributed by atoms with Gasteiger partial charge in [0.1, 0.15) is 18.1 Å². The molecule has 0 fully saturated rings. The zero-order valence-electron chi connectivity index (χ0n) is 16.8. The summed E-state index contributed by atoms with van der Waals surface area (Å²) in [5.74, 6) is -6.12. The molecule has 4 amide bonds. The molecule has 0 heterocycles. The second-order valence-corrected chi connectivity index (χ2v) is 6.89. The maximum absolute atomic E-state index is 12.6. The standard InChI is InChI=1S/C17H29N5O8/c1-8(2)14(22-12(24)7-18)16(28)20-9(4-6-13(25)26)15(27)21-10(17(29)30)3-5-11(19)23/h8-10,14H,3-7,18H2,1-2H3,(H2,19,23)(H,20,28)(H,21,27)(H,22,24)(H,25,26)(H,29,30). The first-order chi connectivity index (χ1) is 13.9. The summed E-state index contributed by atoms with van der Waals surface area (Å²) in [6.07, 6.45) is -1.40. The van der Waals surface area contributed by atoms with E-state index >= 15 is 0 Å². The van der Waals surface area contributed by atoms with Crippen molar-refractivity contribution >= 4 is 35.6 Å². The maximum Gasteiger partial charge on any atom is 0.326 e. The summed E-state index contributed by atoms with van der Waals surface area (Å²) in [7, 11) is 0. The number of amides is 4. The molecule has 30 heavy (non-hydrogen) atoms. The second-order valence-electron chi connectivity index (χ2n) is 6.89. The van der Waals surface area contributed by atoms with Crippen molar-refractivity contribution in [1.82, 2.24) is 16.0 Å². The van der Waals surface area contributed by atoms with Crippen LogP contribution in [0.4, 0.5) is 0 Å². The number of carboxylic acids is 2. The van der Waals surface area contributed by atoms with E-state index in [0.717, 1.165) is 0 Å². The van der Waals surface area contributed by atoms with E-state index < -0.39 is 60.1 Å². The lowest BCUT2D eigenvalue weighted by Crippen LogP contribution is -2.57. The van der Waals surface area contributed by atoms with Crippen LogP contribution in [0, 0.1) is 5.92 Å². The predicted octanol–water partition coefficient (Wildman–Crippen LogP) is -2.73. The Bertz CT molecular complexity index is 667. The lowest BCUT2D eigenvalue weighted by molar-refractivity contribution is -0.143. The van der Waals surface area contributed by atoms with Crippen molar-refractivity contribution in [2.24, 2.45) is 17.4 Å². The van der Waals surface area contributed by atoms with Crippen molar-refractivity contribution in [3.8, 4) is 0 Å². The Morgan fingerprint density at radius 3 is 1.80 bits per heavy atom. The van der Waals surface area contributed by atoms with Crippen LogP contribution in [-0.2, 0) is 28.8 Å². The highest BCUT2D eigenvalue weighted by molar-refractivity contribution is 5.94. The summed E-state index contributed by atoms with van der Waals surface area (Å²) in [5, 5.41) is 25.0. The maximum atomic E-state index is 12.6. The van der Waals surface area contributed by atoms with Crippen LogP contribution in [0.2, 0.25) is 0 Å². The van der Waals surface area contributed by atoms with E-state index in [1.165, 1.54) is 0 Å². The summed E-state index contributed by atoms with van der Waals surface area (Å²) in [5.41, 5.74) is 10.2. The average Bonchev–Trinajstić information content (AvgIpc) is 2.64. The van der Waals surface area contributed by atoms with Crippen LogP contribution < -0.4 is 27.4 Å². The molecule has 0 saturated heterocycles. The van der Waals surface area contributed by atoms with Crippen molar-refractivity contribution in [2.75, 3.05) is 6.54 Å². The van der Waals surface area contributed by atoms with Gasteiger partial charge in [-0.3, -0.25) is 24.0 Å². The summed E-state index contributed by atoms with van der Waals surface area (Å²) in [6.45, 7) is 2.91. The molecule has 13 heteroatoms. The van der Waals surface area contributed by atoms with Gasteiger partial charge in [-0.05, 0) is 18.8 Å². The minimum atomic E-state index is -1.47. The van der Waals surface area contributed by atoms with Gasteiger partial charge in [-0.2, -0.15) is 0 Å². The van der Waals surface area contributed by atoms with E-state index in [2.05, 4.69) is 16.0 Å². The molecular weight excluding hydrogens is 402 g/mol. The van der Waals surface area contributed by atoms with Crippen molar-refractivity contribution in [3.63, 3.8) is 0 Å². The molecule has 3 unspecified atom stereocenters. The van der Waals surface area contributed by atoms with E-state index in [0.29, 0.717) is 0 Å². The molecule has 3 atom stereocenters. The minimum absolute atomic E-state index is 0.281. The van der Waals surface area contributed by atoms with Gasteiger partial charge in [0.05, 0.1) is 6.54 Å². The number of carbonyl (C=O) groups excluding carboxylic acids is 4. The highest BCUT2D eigenvalue weighted by Crippen LogP contribution is 2.06. The first-order valence-electron chi connectivity index (χ1n) is 9.22. The predicted molar refractivity (Wildman–Crippen MR) is 103 cm³/mol. The van der Waals surface area contributed by atoms with Crippen LogP contribution >= 0.6 is 0 Å². The molecule has 170 valence electrons. The molecule has 0 radical (unpaired) electrons. The van der Waals surface area contributed by atoms with Crippen molar-refractivity contribution in [2.45, 2.75) is 57.7 Å². The molecule has 0 aromatic heterocycles. The molecular formula is C17H29N5O8. The number of carbonyl (C=O) groups is 6. The van der Waals surface area contributed by atoms with E-state index in [1.54, 1.807) is 13.8 Å². The van der Waals surface area contributed by atoms with Gasteiger partial charge in [0.15, 0.2) is 0 Å². The van der Waals surface area contributed by atoms with Gasteiger partial charge < -0.3 is 37.6 Å². The summed E-state index contributed by atoms with van der Waals surface area (Å²) < 4.78 is 0. The normalized spacial score (nSPS) is 13.6. The van der Waals surface area contributed by atoms with Gasteiger partial charge >= 0.3 is 11.9 Å². The zero-order valence-corrected chi connectivity index (χ0v) is 16.8. The third kappa shape index (κ3) is 10.4. The van der Waals surface area contributed by atoms with Crippen LogP contribution in [0.3, 0.4) is 0 Å². The molecule has 0 aromatic carbocycles. The Morgan fingerprint density at radius 1 is 0.833 bits per heavy atom. The van der Waals surface area contributed by atoms with E-state index in [1.807, 2.05) is 0 Å². The van der Waals surface area contributed by atoms with Crippen LogP contribution in [0.25, 0.3) is 0 Å². The van der Waals surface area contributed by atoms with Gasteiger partial charge in [-0.1, -0.05) is 13.8 Å². The number of nitrogens with one attached hydrogen (secondary N) is 3. The molecule has 0 saturated carbocycles. The van der Waals surface area contributed by atoms with Gasteiger partial charge in [-0.25, -0.2) is 4.79 Å². The highest BCUT2D eigenvalue weighted by Gasteiger charge is 2.31. The lowest BCUT2D eigenvalue weighted by Gasteiger charge is -2.26. The van der Waals surface area contributed by atoms with Crippen molar-refractivity contribution in [1.29, 1.82) is 0 Å². The average molecular weight is 431 g/mol. The molecule has 9 N–H and O–H groups in total. The Kier molecular flexibility index (Phi) is 11.7. The van der Waals surface area contributed by atoms with Gasteiger partial charge in [0.2, 0.25) is 23.6 Å². The Morgan fingerprint density at radius 2 is 1.37 bits per heavy atom. The molecule has 0 aliphatic rings. The van der Waals surface area contributed by atoms with E-state index in [9.17, 15) is 33.9 Å². The summed E-state index contributed by atoms with van der Waals surface area (Å²) in [6, 6.07) is -3.90. The first kappa shape index (κ1) is 26.8. The number of nitrogens with two attached hydrogens (primary N) is 2. The van der Waals surface area contributed by atoms with E-state index in [4.69, 9.17) is 16.6 Å². The number of hydrogen-bond donors (Lipinski definition) is 7. The SMILES string of the molecule is CC(C)C(NC(=O)CN)C(=O)NC(CCC(=O)O)C(=O)NC(CCC(N)=O)C(=O)O. The van der Waals surface area contributed by atoms with Gasteiger partial charge in [0.25, 0.3) is 0 Å². The number of hydrogen-bond acceptors (Lipinski definition) is 7.